The first-order valence-electron chi connectivity index (χ1n) is 6.97. The number of fused-ring (bicyclic) bond motifs is 1. The topological polar surface area (TPSA) is 87.4 Å². The normalized spacial score (nSPS) is 15.3. The van der Waals surface area contributed by atoms with Gasteiger partial charge in [0.15, 0.2) is 0 Å². The van der Waals surface area contributed by atoms with Gasteiger partial charge in [0, 0.05) is 28.3 Å². The molecule has 0 aliphatic carbocycles. The largest absolute Gasteiger partial charge is 0.399 e. The van der Waals surface area contributed by atoms with Crippen molar-refractivity contribution in [3.05, 3.63) is 59.3 Å². The van der Waals surface area contributed by atoms with Gasteiger partial charge in [0.1, 0.15) is 0 Å². The van der Waals surface area contributed by atoms with E-state index in [2.05, 4.69) is 10.6 Å². The van der Waals surface area contributed by atoms with Gasteiger partial charge in [-0.2, -0.15) is 0 Å². The first-order valence-corrected chi connectivity index (χ1v) is 6.97. The van der Waals surface area contributed by atoms with Crippen LogP contribution in [0.25, 0.3) is 5.57 Å². The Morgan fingerprint density at radius 1 is 1.27 bits per heavy atom. The van der Waals surface area contributed by atoms with Gasteiger partial charge in [-0.1, -0.05) is 12.1 Å². The highest BCUT2D eigenvalue weighted by Gasteiger charge is 2.26. The van der Waals surface area contributed by atoms with Gasteiger partial charge in [-0.15, -0.1) is 0 Å². The molecule has 3 rings (SSSR count). The average Bonchev–Trinajstić information content (AvgIpc) is 2.82. The van der Waals surface area contributed by atoms with E-state index < -0.39 is 0 Å². The SMILES string of the molecule is CC(Nc1cccc(CO)c1)=C1C(=O)Nc2ccc(N)cc21. The van der Waals surface area contributed by atoms with Crippen LogP contribution in [0.4, 0.5) is 17.1 Å². The zero-order valence-electron chi connectivity index (χ0n) is 12.2. The van der Waals surface area contributed by atoms with E-state index in [-0.39, 0.29) is 12.5 Å². The van der Waals surface area contributed by atoms with Crippen LogP contribution in [0.3, 0.4) is 0 Å². The highest BCUT2D eigenvalue weighted by Crippen LogP contribution is 2.35. The minimum absolute atomic E-state index is 0.0228. The van der Waals surface area contributed by atoms with Crippen LogP contribution in [-0.2, 0) is 11.4 Å². The molecule has 0 saturated carbocycles. The third kappa shape index (κ3) is 2.54. The van der Waals surface area contributed by atoms with Crippen molar-refractivity contribution in [2.45, 2.75) is 13.5 Å². The number of anilines is 3. The number of carbonyl (C=O) groups excluding carboxylic acids is 1. The Morgan fingerprint density at radius 3 is 2.86 bits per heavy atom. The lowest BCUT2D eigenvalue weighted by Crippen LogP contribution is -2.08. The number of nitrogens with one attached hydrogen (secondary N) is 2. The molecule has 0 atom stereocenters. The van der Waals surface area contributed by atoms with Crippen molar-refractivity contribution in [2.75, 3.05) is 16.4 Å². The molecular formula is C17H17N3O2. The van der Waals surface area contributed by atoms with E-state index >= 15 is 0 Å². The van der Waals surface area contributed by atoms with Crippen LogP contribution < -0.4 is 16.4 Å². The van der Waals surface area contributed by atoms with Gasteiger partial charge in [0.25, 0.3) is 5.91 Å². The first-order chi connectivity index (χ1) is 10.6. The average molecular weight is 295 g/mol. The second kappa shape index (κ2) is 5.54. The third-order valence-corrected chi connectivity index (χ3v) is 3.60. The molecule has 0 fully saturated rings. The Bertz CT molecular complexity index is 781. The summed E-state index contributed by atoms with van der Waals surface area (Å²) in [4.78, 5) is 12.2. The fraction of sp³-hybridized carbons (Fsp3) is 0.118. The number of allylic oxidation sites excluding steroid dienone is 1. The second-order valence-electron chi connectivity index (χ2n) is 5.24. The number of hydrogen-bond acceptors (Lipinski definition) is 4. The predicted molar refractivity (Wildman–Crippen MR) is 88.1 cm³/mol. The predicted octanol–water partition coefficient (Wildman–Crippen LogP) is 2.56. The van der Waals surface area contributed by atoms with Gasteiger partial charge >= 0.3 is 0 Å². The first kappa shape index (κ1) is 14.2. The maximum atomic E-state index is 12.2. The van der Waals surface area contributed by atoms with E-state index in [1.54, 1.807) is 18.2 Å². The molecule has 1 aliphatic rings. The quantitative estimate of drug-likeness (QED) is 0.518. The summed E-state index contributed by atoms with van der Waals surface area (Å²) in [5.74, 6) is -0.149. The number of rotatable bonds is 3. The Kier molecular flexibility index (Phi) is 3.56. The fourth-order valence-electron chi connectivity index (χ4n) is 2.58. The van der Waals surface area contributed by atoms with Crippen LogP contribution in [0.1, 0.15) is 18.1 Å². The molecule has 5 heteroatoms. The van der Waals surface area contributed by atoms with E-state index in [9.17, 15) is 9.90 Å². The van der Waals surface area contributed by atoms with Crippen molar-refractivity contribution in [3.63, 3.8) is 0 Å². The number of benzene rings is 2. The van der Waals surface area contributed by atoms with E-state index in [1.165, 1.54) is 0 Å². The second-order valence-corrected chi connectivity index (χ2v) is 5.24. The third-order valence-electron chi connectivity index (χ3n) is 3.60. The van der Waals surface area contributed by atoms with Gasteiger partial charge in [0.2, 0.25) is 0 Å². The van der Waals surface area contributed by atoms with Gasteiger partial charge in [0.05, 0.1) is 12.2 Å². The Morgan fingerprint density at radius 2 is 2.09 bits per heavy atom. The molecule has 112 valence electrons. The van der Waals surface area contributed by atoms with Crippen LogP contribution in [0, 0.1) is 0 Å². The van der Waals surface area contributed by atoms with E-state index in [0.29, 0.717) is 11.3 Å². The summed E-state index contributed by atoms with van der Waals surface area (Å²) in [5.41, 5.74) is 10.9. The van der Waals surface area contributed by atoms with Crippen molar-refractivity contribution >= 4 is 28.5 Å². The molecule has 2 aromatic carbocycles. The molecule has 0 bridgehead atoms. The Labute approximate surface area is 128 Å². The van der Waals surface area contributed by atoms with Crippen LogP contribution in [0.2, 0.25) is 0 Å². The van der Waals surface area contributed by atoms with Crippen molar-refractivity contribution in [2.24, 2.45) is 0 Å². The molecule has 5 nitrogen and oxygen atoms in total. The number of hydrogen-bond donors (Lipinski definition) is 4. The number of nitrogen functional groups attached to an aromatic ring is 1. The summed E-state index contributed by atoms with van der Waals surface area (Å²) in [6.07, 6.45) is 0. The zero-order chi connectivity index (χ0) is 15.7. The van der Waals surface area contributed by atoms with Gasteiger partial charge < -0.3 is 21.5 Å². The number of nitrogens with two attached hydrogens (primary N) is 1. The highest BCUT2D eigenvalue weighted by molar-refractivity contribution is 6.32. The smallest absolute Gasteiger partial charge is 0.258 e. The Hall–Kier alpha value is -2.79. The summed E-state index contributed by atoms with van der Waals surface area (Å²) in [5, 5.41) is 15.2. The minimum Gasteiger partial charge on any atom is -0.399 e. The molecule has 0 unspecified atom stereocenters. The van der Waals surface area contributed by atoms with E-state index in [0.717, 1.165) is 28.2 Å². The molecule has 0 saturated heterocycles. The number of aliphatic hydroxyl groups is 1. The standard InChI is InChI=1S/C17H17N3O2/c1-10(19-13-4-2-3-11(7-13)9-21)16-14-8-12(18)5-6-15(14)20-17(16)22/h2-8,19,21H,9,18H2,1H3,(H,20,22). The van der Waals surface area contributed by atoms with E-state index in [1.807, 2.05) is 31.2 Å². The molecule has 5 N–H and O–H groups in total. The molecule has 1 aliphatic heterocycles. The summed E-state index contributed by atoms with van der Waals surface area (Å²) in [7, 11) is 0. The maximum absolute atomic E-state index is 12.2. The van der Waals surface area contributed by atoms with Crippen LogP contribution in [-0.4, -0.2) is 11.0 Å². The van der Waals surface area contributed by atoms with Crippen LogP contribution in [0.15, 0.2) is 48.2 Å². The summed E-state index contributed by atoms with van der Waals surface area (Å²) in [6, 6.07) is 12.8. The summed E-state index contributed by atoms with van der Waals surface area (Å²) < 4.78 is 0. The zero-order valence-corrected chi connectivity index (χ0v) is 12.2. The molecule has 1 amide bonds. The lowest BCUT2D eigenvalue weighted by molar-refractivity contribution is -0.110. The molecule has 2 aromatic rings. The summed E-state index contributed by atoms with van der Waals surface area (Å²) >= 11 is 0. The molecule has 0 radical (unpaired) electrons. The molecule has 0 spiro atoms. The van der Waals surface area contributed by atoms with E-state index in [4.69, 9.17) is 5.73 Å². The van der Waals surface area contributed by atoms with Gasteiger partial charge in [-0.05, 0) is 42.8 Å². The van der Waals surface area contributed by atoms with Gasteiger partial charge in [-0.25, -0.2) is 0 Å². The maximum Gasteiger partial charge on any atom is 0.258 e. The molecule has 0 aromatic heterocycles. The molecular weight excluding hydrogens is 278 g/mol. The van der Waals surface area contributed by atoms with Crippen LogP contribution >= 0.6 is 0 Å². The van der Waals surface area contributed by atoms with Crippen molar-refractivity contribution in [3.8, 4) is 0 Å². The Balaban J connectivity index is 1.99. The van der Waals surface area contributed by atoms with Crippen molar-refractivity contribution < 1.29 is 9.90 Å². The minimum atomic E-state index is -0.149. The lowest BCUT2D eigenvalue weighted by atomic mass is 10.0. The summed E-state index contributed by atoms with van der Waals surface area (Å²) in [6.45, 7) is 1.82. The molecule has 1 heterocycles. The van der Waals surface area contributed by atoms with Crippen molar-refractivity contribution in [1.29, 1.82) is 0 Å². The number of amides is 1. The van der Waals surface area contributed by atoms with Crippen LogP contribution in [0.5, 0.6) is 0 Å². The lowest BCUT2D eigenvalue weighted by Gasteiger charge is -2.10. The van der Waals surface area contributed by atoms with Gasteiger partial charge in [-0.3, -0.25) is 4.79 Å². The number of carbonyl (C=O) groups is 1. The van der Waals surface area contributed by atoms with Crippen molar-refractivity contribution in [1.82, 2.24) is 0 Å². The fourth-order valence-corrected chi connectivity index (χ4v) is 2.58. The monoisotopic (exact) mass is 295 g/mol. The molecule has 22 heavy (non-hydrogen) atoms. The number of aliphatic hydroxyl groups excluding tert-OH is 1. The highest BCUT2D eigenvalue weighted by atomic mass is 16.3.